The Labute approximate surface area is 134 Å². The second-order valence-electron chi connectivity index (χ2n) is 5.74. The molecule has 1 heterocycles. The summed E-state index contributed by atoms with van der Waals surface area (Å²) in [7, 11) is -3.99. The van der Waals surface area contributed by atoms with Crippen molar-refractivity contribution in [2.45, 2.75) is 39.8 Å². The first kappa shape index (κ1) is 17.2. The molecule has 9 heteroatoms. The highest BCUT2D eigenvalue weighted by atomic mass is 32.2. The summed E-state index contributed by atoms with van der Waals surface area (Å²) in [6, 6.07) is 3.73. The van der Waals surface area contributed by atoms with E-state index >= 15 is 0 Å². The van der Waals surface area contributed by atoms with Gasteiger partial charge in [0.2, 0.25) is 5.95 Å². The lowest BCUT2D eigenvalue weighted by Crippen LogP contribution is -2.45. The second kappa shape index (κ2) is 5.82. The minimum Gasteiger partial charge on any atom is -0.478 e. The summed E-state index contributed by atoms with van der Waals surface area (Å²) in [5, 5.41) is 9.22. The van der Waals surface area contributed by atoms with E-state index in [4.69, 9.17) is 5.73 Å². The Balaban J connectivity index is 2.80. The molecule has 0 unspecified atom stereocenters. The average Bonchev–Trinajstić information content (AvgIpc) is 2.72. The van der Waals surface area contributed by atoms with Gasteiger partial charge in [-0.1, -0.05) is 6.07 Å². The van der Waals surface area contributed by atoms with Gasteiger partial charge >= 0.3 is 16.2 Å². The van der Waals surface area contributed by atoms with Crippen LogP contribution in [0.15, 0.2) is 18.2 Å². The number of para-hydroxylation sites is 1. The van der Waals surface area contributed by atoms with Gasteiger partial charge in [0.25, 0.3) is 0 Å². The monoisotopic (exact) mass is 340 g/mol. The van der Waals surface area contributed by atoms with Gasteiger partial charge in [0.05, 0.1) is 11.1 Å². The molecule has 8 nitrogen and oxygen atoms in total. The van der Waals surface area contributed by atoms with Crippen molar-refractivity contribution in [3.8, 4) is 0 Å². The molecule has 0 aliphatic carbocycles. The van der Waals surface area contributed by atoms with E-state index < -0.39 is 16.2 Å². The molecule has 1 aromatic carbocycles. The normalized spacial score (nSPS) is 12.7. The van der Waals surface area contributed by atoms with Crippen molar-refractivity contribution < 1.29 is 18.3 Å². The highest BCUT2D eigenvalue weighted by molar-refractivity contribution is 7.87. The molecule has 0 bridgehead atoms. The number of rotatable bonds is 5. The molecule has 0 fully saturated rings. The summed E-state index contributed by atoms with van der Waals surface area (Å²) in [6.45, 7) is 7.04. The highest BCUT2D eigenvalue weighted by Gasteiger charge is 2.33. The van der Waals surface area contributed by atoms with Crippen LogP contribution < -0.4 is 5.73 Å². The van der Waals surface area contributed by atoms with Crippen molar-refractivity contribution in [3.63, 3.8) is 0 Å². The molecular formula is C14H20N4O4S. The van der Waals surface area contributed by atoms with Crippen molar-refractivity contribution in [3.05, 3.63) is 23.8 Å². The number of hydrogen-bond acceptors (Lipinski definition) is 5. The predicted molar refractivity (Wildman–Crippen MR) is 87.5 cm³/mol. The number of carbonyl (C=O) groups is 1. The number of benzene rings is 1. The molecule has 0 saturated heterocycles. The van der Waals surface area contributed by atoms with Crippen LogP contribution in [0, 0.1) is 0 Å². The fourth-order valence-corrected chi connectivity index (χ4v) is 4.66. The van der Waals surface area contributed by atoms with Gasteiger partial charge in [0.15, 0.2) is 0 Å². The first-order chi connectivity index (χ1) is 10.6. The largest absolute Gasteiger partial charge is 0.478 e. The molecular weight excluding hydrogens is 320 g/mol. The number of carboxylic acid groups (broad SMARTS) is 1. The lowest BCUT2D eigenvalue weighted by molar-refractivity contribution is 0.0699. The number of nitrogen functional groups attached to an aromatic ring is 1. The molecule has 3 N–H and O–H groups in total. The van der Waals surface area contributed by atoms with Crippen LogP contribution in [-0.2, 0) is 10.2 Å². The van der Waals surface area contributed by atoms with Gasteiger partial charge in [-0.2, -0.15) is 16.7 Å². The average molecular weight is 340 g/mol. The topological polar surface area (TPSA) is 119 Å². The fourth-order valence-electron chi connectivity index (χ4n) is 2.73. The van der Waals surface area contributed by atoms with Crippen LogP contribution in [0.3, 0.4) is 0 Å². The molecule has 126 valence electrons. The standard InChI is InChI=1S/C14H20N4O4S/c1-8(2)17(9(3)4)23(21,22)18-11-7-5-6-10(13(19)20)12(11)16-14(18)15/h5-9H,1-4H3,(H2,15,16)(H,19,20). The Bertz CT molecular complexity index is 847. The molecule has 0 spiro atoms. The number of nitrogens with two attached hydrogens (primary N) is 1. The third-order valence-electron chi connectivity index (χ3n) is 3.41. The minimum atomic E-state index is -3.99. The van der Waals surface area contributed by atoms with Crippen molar-refractivity contribution in [1.29, 1.82) is 0 Å². The first-order valence-electron chi connectivity index (χ1n) is 7.13. The SMILES string of the molecule is CC(C)N(C(C)C)S(=O)(=O)n1c(N)nc2c(C(=O)O)cccc21. The zero-order chi connectivity index (χ0) is 17.5. The van der Waals surface area contributed by atoms with Crippen LogP contribution in [-0.4, -0.2) is 44.8 Å². The molecule has 2 aromatic rings. The third kappa shape index (κ3) is 2.77. The number of aromatic nitrogens is 2. The zero-order valence-corrected chi connectivity index (χ0v) is 14.2. The number of imidazole rings is 1. The number of hydrogen-bond donors (Lipinski definition) is 2. The first-order valence-corrected chi connectivity index (χ1v) is 8.53. The summed E-state index contributed by atoms with van der Waals surface area (Å²) < 4.78 is 28.2. The molecule has 0 amide bonds. The molecule has 0 saturated carbocycles. The number of carboxylic acids is 1. The zero-order valence-electron chi connectivity index (χ0n) is 13.4. The molecule has 1 aromatic heterocycles. The Morgan fingerprint density at radius 2 is 1.83 bits per heavy atom. The number of fused-ring (bicyclic) bond motifs is 1. The molecule has 0 atom stereocenters. The lowest BCUT2D eigenvalue weighted by Gasteiger charge is -2.30. The van der Waals surface area contributed by atoms with Gasteiger partial charge in [-0.15, -0.1) is 0 Å². The summed E-state index contributed by atoms with van der Waals surface area (Å²) in [4.78, 5) is 15.2. The van der Waals surface area contributed by atoms with E-state index in [1.807, 2.05) is 0 Å². The van der Waals surface area contributed by atoms with E-state index in [0.29, 0.717) is 0 Å². The maximum Gasteiger partial charge on any atom is 0.337 e. The summed E-state index contributed by atoms with van der Waals surface area (Å²) in [5.74, 6) is -1.46. The quantitative estimate of drug-likeness (QED) is 0.852. The van der Waals surface area contributed by atoms with Crippen LogP contribution >= 0.6 is 0 Å². The Hall–Kier alpha value is -2.13. The Morgan fingerprint density at radius 1 is 1.26 bits per heavy atom. The number of nitrogens with zero attached hydrogens (tertiary/aromatic N) is 3. The van der Waals surface area contributed by atoms with Crippen molar-refractivity contribution in [2.75, 3.05) is 5.73 Å². The van der Waals surface area contributed by atoms with Gasteiger partial charge < -0.3 is 10.8 Å². The van der Waals surface area contributed by atoms with Gasteiger partial charge in [-0.3, -0.25) is 0 Å². The molecule has 23 heavy (non-hydrogen) atoms. The predicted octanol–water partition coefficient (Wildman–Crippen LogP) is 1.53. The van der Waals surface area contributed by atoms with E-state index in [0.717, 1.165) is 3.97 Å². The van der Waals surface area contributed by atoms with E-state index in [2.05, 4.69) is 4.98 Å². The van der Waals surface area contributed by atoms with Crippen LogP contribution in [0.5, 0.6) is 0 Å². The summed E-state index contributed by atoms with van der Waals surface area (Å²) in [6.07, 6.45) is 0. The smallest absolute Gasteiger partial charge is 0.337 e. The molecule has 0 aliphatic heterocycles. The maximum atomic E-state index is 13.0. The molecule has 0 aliphatic rings. The highest BCUT2D eigenvalue weighted by Crippen LogP contribution is 2.26. The van der Waals surface area contributed by atoms with Gasteiger partial charge in [0.1, 0.15) is 5.52 Å². The fraction of sp³-hybridized carbons (Fsp3) is 0.429. The minimum absolute atomic E-state index is 0.0496. The number of anilines is 1. The van der Waals surface area contributed by atoms with E-state index in [1.165, 1.54) is 22.5 Å². The van der Waals surface area contributed by atoms with E-state index in [1.54, 1.807) is 27.7 Å². The van der Waals surface area contributed by atoms with Gasteiger partial charge in [-0.05, 0) is 39.8 Å². The Morgan fingerprint density at radius 3 is 2.30 bits per heavy atom. The van der Waals surface area contributed by atoms with E-state index in [9.17, 15) is 18.3 Å². The van der Waals surface area contributed by atoms with Crippen molar-refractivity contribution >= 4 is 33.2 Å². The summed E-state index contributed by atoms with van der Waals surface area (Å²) in [5.41, 5.74) is 5.90. The van der Waals surface area contributed by atoms with Crippen LogP contribution in [0.25, 0.3) is 11.0 Å². The van der Waals surface area contributed by atoms with E-state index in [-0.39, 0.29) is 34.6 Å². The molecule has 0 radical (unpaired) electrons. The third-order valence-corrected chi connectivity index (χ3v) is 5.63. The Kier molecular flexibility index (Phi) is 4.36. The maximum absolute atomic E-state index is 13.0. The van der Waals surface area contributed by atoms with Crippen LogP contribution in [0.2, 0.25) is 0 Å². The van der Waals surface area contributed by atoms with Crippen molar-refractivity contribution in [2.24, 2.45) is 0 Å². The van der Waals surface area contributed by atoms with Gasteiger partial charge in [-0.25, -0.2) is 9.78 Å². The van der Waals surface area contributed by atoms with Crippen LogP contribution in [0.4, 0.5) is 5.95 Å². The lowest BCUT2D eigenvalue weighted by atomic mass is 10.2. The van der Waals surface area contributed by atoms with Gasteiger partial charge in [0, 0.05) is 12.1 Å². The van der Waals surface area contributed by atoms with Crippen molar-refractivity contribution in [1.82, 2.24) is 13.3 Å². The number of aromatic carboxylic acids is 1. The summed E-state index contributed by atoms with van der Waals surface area (Å²) >= 11 is 0. The second-order valence-corrected chi connectivity index (χ2v) is 7.42. The molecule has 2 rings (SSSR count). The van der Waals surface area contributed by atoms with Crippen LogP contribution in [0.1, 0.15) is 38.1 Å².